The quantitative estimate of drug-likeness (QED) is 0.485. The van der Waals surface area contributed by atoms with Gasteiger partial charge in [-0.15, -0.1) is 10.2 Å². The Balaban J connectivity index is 1.80. The van der Waals surface area contributed by atoms with Crippen molar-refractivity contribution in [1.82, 2.24) is 15.6 Å². The smallest absolute Gasteiger partial charge is 0.250 e. The van der Waals surface area contributed by atoms with Crippen LogP contribution in [-0.2, 0) is 4.79 Å². The Morgan fingerprint density at radius 1 is 1.43 bits per heavy atom. The van der Waals surface area contributed by atoms with Crippen molar-refractivity contribution >= 4 is 63.6 Å². The minimum absolute atomic E-state index is 0.174. The minimum atomic E-state index is -0.259. The van der Waals surface area contributed by atoms with Gasteiger partial charge in [0.2, 0.25) is 5.13 Å². The first-order valence-electron chi connectivity index (χ1n) is 5.53. The summed E-state index contributed by atoms with van der Waals surface area (Å²) in [5.41, 5.74) is 8.57. The van der Waals surface area contributed by atoms with E-state index in [1.54, 1.807) is 18.2 Å². The van der Waals surface area contributed by atoms with Gasteiger partial charge in [0.15, 0.2) is 4.34 Å². The van der Waals surface area contributed by atoms with E-state index in [-0.39, 0.29) is 11.7 Å². The van der Waals surface area contributed by atoms with Crippen molar-refractivity contribution in [1.29, 1.82) is 0 Å². The lowest BCUT2D eigenvalue weighted by molar-refractivity contribution is -0.118. The predicted molar refractivity (Wildman–Crippen MR) is 87.2 cm³/mol. The van der Waals surface area contributed by atoms with E-state index in [0.29, 0.717) is 19.5 Å². The number of carbonyl (C=O) groups is 1. The van der Waals surface area contributed by atoms with Gasteiger partial charge in [-0.25, -0.2) is 5.43 Å². The number of rotatable bonds is 5. The first kappa shape index (κ1) is 16.0. The van der Waals surface area contributed by atoms with E-state index in [1.807, 2.05) is 0 Å². The van der Waals surface area contributed by atoms with E-state index in [1.165, 1.54) is 29.3 Å². The molecule has 1 heterocycles. The number of carbonyl (C=O) groups excluding carboxylic acids is 1. The van der Waals surface area contributed by atoms with Crippen molar-refractivity contribution in [3.8, 4) is 0 Å². The molecule has 6 nitrogen and oxygen atoms in total. The second-order valence-electron chi connectivity index (χ2n) is 3.66. The third kappa shape index (κ3) is 5.16. The predicted octanol–water partition coefficient (Wildman–Crippen LogP) is 2.67. The van der Waals surface area contributed by atoms with Crippen molar-refractivity contribution in [3.05, 3.63) is 33.8 Å². The molecule has 0 saturated heterocycles. The van der Waals surface area contributed by atoms with Crippen LogP contribution in [0.3, 0.4) is 0 Å². The van der Waals surface area contributed by atoms with Gasteiger partial charge in [0.05, 0.1) is 22.0 Å². The number of benzene rings is 1. The fourth-order valence-corrected chi connectivity index (χ4v) is 2.94. The Morgan fingerprint density at radius 3 is 2.90 bits per heavy atom. The molecule has 21 heavy (non-hydrogen) atoms. The molecule has 10 heteroatoms. The number of thioether (sulfide) groups is 1. The Kier molecular flexibility index (Phi) is 5.80. The van der Waals surface area contributed by atoms with Gasteiger partial charge in [0, 0.05) is 0 Å². The van der Waals surface area contributed by atoms with Gasteiger partial charge in [-0.05, 0) is 17.7 Å². The summed E-state index contributed by atoms with van der Waals surface area (Å²) in [4.78, 5) is 11.6. The molecule has 3 N–H and O–H groups in total. The molecule has 0 aliphatic rings. The number of anilines is 1. The van der Waals surface area contributed by atoms with Crippen LogP contribution in [0.1, 0.15) is 5.56 Å². The number of hydrogen-bond acceptors (Lipinski definition) is 7. The van der Waals surface area contributed by atoms with Gasteiger partial charge in [-0.3, -0.25) is 4.79 Å². The van der Waals surface area contributed by atoms with Crippen LogP contribution >= 0.6 is 46.3 Å². The van der Waals surface area contributed by atoms with Crippen LogP contribution in [0.4, 0.5) is 5.13 Å². The van der Waals surface area contributed by atoms with Crippen LogP contribution in [-0.4, -0.2) is 28.1 Å². The first-order chi connectivity index (χ1) is 10.0. The summed E-state index contributed by atoms with van der Waals surface area (Å²) in [6.45, 7) is 0. The fourth-order valence-electron chi connectivity index (χ4n) is 1.21. The molecule has 0 fully saturated rings. The Morgan fingerprint density at radius 2 is 2.24 bits per heavy atom. The summed E-state index contributed by atoms with van der Waals surface area (Å²) in [6, 6.07) is 5.05. The lowest BCUT2D eigenvalue weighted by Crippen LogP contribution is -2.19. The molecule has 0 atom stereocenters. The SMILES string of the molecule is Nc1nnc(SCC(=O)NN=Cc2ccc(Cl)c(Cl)c2)s1. The molecule has 110 valence electrons. The number of hydrogen-bond donors (Lipinski definition) is 2. The molecule has 0 bridgehead atoms. The number of nitrogens with zero attached hydrogens (tertiary/aromatic N) is 3. The van der Waals surface area contributed by atoms with E-state index < -0.39 is 0 Å². The molecule has 1 amide bonds. The maximum atomic E-state index is 11.6. The highest BCUT2D eigenvalue weighted by Gasteiger charge is 2.05. The lowest BCUT2D eigenvalue weighted by atomic mass is 10.2. The van der Waals surface area contributed by atoms with Crippen LogP contribution in [0.25, 0.3) is 0 Å². The second-order valence-corrected chi connectivity index (χ2v) is 6.71. The molecule has 1 aromatic carbocycles. The molecule has 0 unspecified atom stereocenters. The largest absolute Gasteiger partial charge is 0.374 e. The Hall–Kier alpha value is -1.35. The molecule has 2 rings (SSSR count). The molecule has 0 spiro atoms. The van der Waals surface area contributed by atoms with E-state index >= 15 is 0 Å². The number of nitrogens with two attached hydrogens (primary N) is 1. The molecule has 0 aliphatic heterocycles. The van der Waals surface area contributed by atoms with Gasteiger partial charge in [-0.1, -0.05) is 52.4 Å². The number of amides is 1. The van der Waals surface area contributed by atoms with Crippen LogP contribution in [0, 0.1) is 0 Å². The van der Waals surface area contributed by atoms with Crippen LogP contribution in [0.5, 0.6) is 0 Å². The van der Waals surface area contributed by atoms with Crippen molar-refractivity contribution in [2.75, 3.05) is 11.5 Å². The zero-order valence-electron chi connectivity index (χ0n) is 10.4. The summed E-state index contributed by atoms with van der Waals surface area (Å²) >= 11 is 14.1. The van der Waals surface area contributed by atoms with E-state index in [0.717, 1.165) is 5.56 Å². The molecular formula is C11H9Cl2N5OS2. The normalized spacial score (nSPS) is 11.0. The van der Waals surface area contributed by atoms with Gasteiger partial charge < -0.3 is 5.73 Å². The summed E-state index contributed by atoms with van der Waals surface area (Å²) in [5, 5.41) is 12.5. The molecule has 2 aromatic rings. The minimum Gasteiger partial charge on any atom is -0.374 e. The molecule has 1 aromatic heterocycles. The van der Waals surface area contributed by atoms with Gasteiger partial charge in [0.1, 0.15) is 0 Å². The van der Waals surface area contributed by atoms with Crippen molar-refractivity contribution in [2.45, 2.75) is 4.34 Å². The first-order valence-corrected chi connectivity index (χ1v) is 8.09. The highest BCUT2D eigenvalue weighted by atomic mass is 35.5. The molecule has 0 saturated carbocycles. The number of hydrazone groups is 1. The third-order valence-corrected chi connectivity index (χ3v) is 4.72. The summed E-state index contributed by atoms with van der Waals surface area (Å²) < 4.78 is 0.635. The number of halogens is 2. The summed E-state index contributed by atoms with van der Waals surface area (Å²) in [5.74, 6) is -0.0852. The topological polar surface area (TPSA) is 93.3 Å². The monoisotopic (exact) mass is 361 g/mol. The Labute approximate surface area is 138 Å². The third-order valence-electron chi connectivity index (χ3n) is 2.10. The average Bonchev–Trinajstić information content (AvgIpc) is 2.86. The maximum absolute atomic E-state index is 11.6. The van der Waals surface area contributed by atoms with Crippen molar-refractivity contribution in [2.24, 2.45) is 5.10 Å². The lowest BCUT2D eigenvalue weighted by Gasteiger charge is -1.99. The molecule has 0 radical (unpaired) electrons. The number of aromatic nitrogens is 2. The molecular weight excluding hydrogens is 353 g/mol. The average molecular weight is 362 g/mol. The van der Waals surface area contributed by atoms with Crippen LogP contribution < -0.4 is 11.2 Å². The van der Waals surface area contributed by atoms with E-state index in [2.05, 4.69) is 20.7 Å². The maximum Gasteiger partial charge on any atom is 0.250 e. The second kappa shape index (κ2) is 7.60. The standard InChI is InChI=1S/C11H9Cl2N5OS2/c12-7-2-1-6(3-8(7)13)4-15-16-9(19)5-20-11-18-17-10(14)21-11/h1-4H,5H2,(H2,14,17)(H,16,19). The zero-order valence-corrected chi connectivity index (χ0v) is 13.6. The summed E-state index contributed by atoms with van der Waals surface area (Å²) in [6.07, 6.45) is 1.48. The van der Waals surface area contributed by atoms with Crippen molar-refractivity contribution < 1.29 is 4.79 Å². The Bertz CT molecular complexity index is 676. The fraction of sp³-hybridized carbons (Fsp3) is 0.0909. The number of nitrogen functional groups attached to an aromatic ring is 1. The van der Waals surface area contributed by atoms with Crippen LogP contribution in [0.2, 0.25) is 10.0 Å². The van der Waals surface area contributed by atoms with Gasteiger partial charge in [-0.2, -0.15) is 5.10 Å². The summed E-state index contributed by atoms with van der Waals surface area (Å²) in [7, 11) is 0. The van der Waals surface area contributed by atoms with E-state index in [9.17, 15) is 4.79 Å². The van der Waals surface area contributed by atoms with Gasteiger partial charge >= 0.3 is 0 Å². The highest BCUT2D eigenvalue weighted by molar-refractivity contribution is 8.01. The highest BCUT2D eigenvalue weighted by Crippen LogP contribution is 2.23. The van der Waals surface area contributed by atoms with Crippen LogP contribution in [0.15, 0.2) is 27.6 Å². The van der Waals surface area contributed by atoms with Crippen molar-refractivity contribution in [3.63, 3.8) is 0 Å². The van der Waals surface area contributed by atoms with E-state index in [4.69, 9.17) is 28.9 Å². The number of nitrogens with one attached hydrogen (secondary N) is 1. The molecule has 0 aliphatic carbocycles. The van der Waals surface area contributed by atoms with Gasteiger partial charge in [0.25, 0.3) is 5.91 Å². The zero-order chi connectivity index (χ0) is 15.2.